The maximum Gasteiger partial charge on any atom is 0.345 e. The van der Waals surface area contributed by atoms with E-state index in [4.69, 9.17) is 55.9 Å². The van der Waals surface area contributed by atoms with Crippen LogP contribution in [-0.4, -0.2) is 11.9 Å². The molecule has 0 heterocycles. The van der Waals surface area contributed by atoms with Gasteiger partial charge in [-0.1, -0.05) is 119 Å². The first-order valence-corrected chi connectivity index (χ1v) is 14.7. The SMILES string of the molecule is O=C(Oc1c(Cc2ccc3ccccc3c2OC(=O)c2ccc(Cl)cc2Cl)ccc2ccccc12)c1ccc(Cl)cc1Cl. The van der Waals surface area contributed by atoms with Gasteiger partial charge in [0.15, 0.2) is 0 Å². The van der Waals surface area contributed by atoms with Gasteiger partial charge in [-0.15, -0.1) is 0 Å². The minimum atomic E-state index is -0.623. The molecule has 6 aromatic carbocycles. The molecule has 0 spiro atoms. The summed E-state index contributed by atoms with van der Waals surface area (Å²) in [4.78, 5) is 26.7. The van der Waals surface area contributed by atoms with E-state index in [0.717, 1.165) is 21.5 Å². The lowest BCUT2D eigenvalue weighted by molar-refractivity contribution is 0.0728. The van der Waals surface area contributed by atoms with Crippen molar-refractivity contribution in [2.45, 2.75) is 6.42 Å². The van der Waals surface area contributed by atoms with Gasteiger partial charge in [0.2, 0.25) is 0 Å². The van der Waals surface area contributed by atoms with Gasteiger partial charge in [-0.25, -0.2) is 9.59 Å². The van der Waals surface area contributed by atoms with Crippen molar-refractivity contribution in [3.05, 3.63) is 152 Å². The number of benzene rings is 6. The van der Waals surface area contributed by atoms with Crippen LogP contribution < -0.4 is 9.47 Å². The Morgan fingerprint density at radius 3 is 1.35 bits per heavy atom. The molecular weight excluding hydrogens is 626 g/mol. The van der Waals surface area contributed by atoms with Crippen LogP contribution in [0.5, 0.6) is 11.5 Å². The molecule has 8 heteroatoms. The van der Waals surface area contributed by atoms with Crippen molar-refractivity contribution in [2.24, 2.45) is 0 Å². The molecule has 0 radical (unpaired) electrons. The first kappa shape index (κ1) is 29.0. The van der Waals surface area contributed by atoms with Crippen LogP contribution in [0.1, 0.15) is 31.8 Å². The Morgan fingerprint density at radius 2 is 0.930 bits per heavy atom. The number of halogens is 4. The number of fused-ring (bicyclic) bond motifs is 2. The summed E-state index contributed by atoms with van der Waals surface area (Å²) in [5, 5.41) is 4.44. The molecule has 0 atom stereocenters. The number of carbonyl (C=O) groups is 2. The molecule has 0 N–H and O–H groups in total. The van der Waals surface area contributed by atoms with Gasteiger partial charge in [-0.3, -0.25) is 0 Å². The fourth-order valence-electron chi connectivity index (χ4n) is 4.91. The predicted molar refractivity (Wildman–Crippen MR) is 174 cm³/mol. The number of rotatable bonds is 6. The third-order valence-corrected chi connectivity index (χ3v) is 8.09. The third kappa shape index (κ3) is 6.06. The first-order chi connectivity index (χ1) is 20.8. The molecule has 0 saturated carbocycles. The minimum absolute atomic E-state index is 0.184. The Balaban J connectivity index is 1.44. The summed E-state index contributed by atoms with van der Waals surface area (Å²) in [5.41, 5.74) is 1.78. The number of esters is 2. The summed E-state index contributed by atoms with van der Waals surface area (Å²) in [5.74, 6) is -0.496. The molecule has 43 heavy (non-hydrogen) atoms. The molecule has 0 amide bonds. The van der Waals surface area contributed by atoms with Crippen molar-refractivity contribution in [1.29, 1.82) is 0 Å². The average Bonchev–Trinajstić information content (AvgIpc) is 2.99. The first-order valence-electron chi connectivity index (χ1n) is 13.1. The van der Waals surface area contributed by atoms with Crippen LogP contribution in [0, 0.1) is 0 Å². The van der Waals surface area contributed by atoms with Crippen LogP contribution >= 0.6 is 46.4 Å². The summed E-state index contributed by atoms with van der Waals surface area (Å²) < 4.78 is 12.1. The number of hydrogen-bond acceptors (Lipinski definition) is 4. The van der Waals surface area contributed by atoms with E-state index in [-0.39, 0.29) is 27.6 Å². The highest BCUT2D eigenvalue weighted by molar-refractivity contribution is 6.37. The summed E-state index contributed by atoms with van der Waals surface area (Å²) >= 11 is 24.7. The van der Waals surface area contributed by atoms with Crippen molar-refractivity contribution < 1.29 is 19.1 Å². The van der Waals surface area contributed by atoms with Gasteiger partial charge < -0.3 is 9.47 Å². The molecule has 0 aliphatic carbocycles. The van der Waals surface area contributed by atoms with E-state index < -0.39 is 11.9 Å². The molecule has 0 saturated heterocycles. The zero-order valence-corrected chi connectivity index (χ0v) is 25.3. The van der Waals surface area contributed by atoms with E-state index in [0.29, 0.717) is 32.7 Å². The lowest BCUT2D eigenvalue weighted by atomic mass is 9.96. The predicted octanol–water partition coefficient (Wildman–Crippen LogP) is 10.6. The molecular formula is C35H20Cl4O4. The lowest BCUT2D eigenvalue weighted by Crippen LogP contribution is -2.12. The standard InChI is InChI=1S/C35H20Cl4O4/c36-24-13-15-28(30(38)18-24)34(40)42-32-22(11-9-20-5-1-3-7-26(20)32)17-23-12-10-21-6-2-4-8-27(21)33(23)43-35(41)29-16-14-25(37)19-31(29)39/h1-16,18-19H,17H2. The summed E-state index contributed by atoms with van der Waals surface area (Å²) in [6, 6.07) is 32.1. The van der Waals surface area contributed by atoms with Crippen molar-refractivity contribution in [3.63, 3.8) is 0 Å². The van der Waals surface area contributed by atoms with Crippen molar-refractivity contribution in [2.75, 3.05) is 0 Å². The largest absolute Gasteiger partial charge is 0.422 e. The van der Waals surface area contributed by atoms with Crippen LogP contribution in [0.15, 0.2) is 109 Å². The topological polar surface area (TPSA) is 52.6 Å². The maximum absolute atomic E-state index is 13.4. The van der Waals surface area contributed by atoms with E-state index in [9.17, 15) is 9.59 Å². The molecule has 6 aromatic rings. The van der Waals surface area contributed by atoms with Gasteiger partial charge in [-0.2, -0.15) is 0 Å². The van der Waals surface area contributed by atoms with Crippen LogP contribution in [-0.2, 0) is 6.42 Å². The van der Waals surface area contributed by atoms with E-state index in [1.54, 1.807) is 12.1 Å². The molecule has 0 fully saturated rings. The highest BCUT2D eigenvalue weighted by Crippen LogP contribution is 2.38. The monoisotopic (exact) mass is 644 g/mol. The van der Waals surface area contributed by atoms with Crippen LogP contribution in [0.4, 0.5) is 0 Å². The highest BCUT2D eigenvalue weighted by atomic mass is 35.5. The molecule has 0 unspecified atom stereocenters. The Bertz CT molecular complexity index is 1910. The van der Waals surface area contributed by atoms with E-state index >= 15 is 0 Å². The molecule has 212 valence electrons. The molecule has 0 aliphatic rings. The number of ether oxygens (including phenoxy) is 2. The lowest BCUT2D eigenvalue weighted by Gasteiger charge is -2.17. The molecule has 0 aliphatic heterocycles. The highest BCUT2D eigenvalue weighted by Gasteiger charge is 2.21. The van der Waals surface area contributed by atoms with Crippen molar-refractivity contribution in [3.8, 4) is 11.5 Å². The Kier molecular flexibility index (Phi) is 8.29. The quantitative estimate of drug-likeness (QED) is 0.134. The average molecular weight is 646 g/mol. The Hall–Kier alpha value is -4.06. The van der Waals surface area contributed by atoms with E-state index in [1.165, 1.54) is 24.3 Å². The normalized spacial score (nSPS) is 11.1. The molecule has 6 rings (SSSR count). The molecule has 0 bridgehead atoms. The Labute approximate surface area is 267 Å². The zero-order valence-electron chi connectivity index (χ0n) is 22.2. The summed E-state index contributed by atoms with van der Waals surface area (Å²) in [7, 11) is 0. The van der Waals surface area contributed by atoms with Crippen LogP contribution in [0.25, 0.3) is 21.5 Å². The summed E-state index contributed by atoms with van der Waals surface area (Å²) in [6.45, 7) is 0. The van der Waals surface area contributed by atoms with Gasteiger partial charge >= 0.3 is 11.9 Å². The molecule has 4 nitrogen and oxygen atoms in total. The fraction of sp³-hybridized carbons (Fsp3) is 0.0286. The van der Waals surface area contributed by atoms with Crippen molar-refractivity contribution in [1.82, 2.24) is 0 Å². The number of hydrogen-bond donors (Lipinski definition) is 0. The third-order valence-electron chi connectivity index (χ3n) is 6.99. The van der Waals surface area contributed by atoms with Crippen LogP contribution in [0.2, 0.25) is 20.1 Å². The zero-order chi connectivity index (χ0) is 30.1. The van der Waals surface area contributed by atoms with Crippen molar-refractivity contribution >= 4 is 79.9 Å². The second-order valence-electron chi connectivity index (χ2n) is 9.75. The van der Waals surface area contributed by atoms with Gasteiger partial charge in [0.05, 0.1) is 21.2 Å². The molecule has 0 aromatic heterocycles. The van der Waals surface area contributed by atoms with E-state index in [1.807, 2.05) is 72.8 Å². The second kappa shape index (κ2) is 12.3. The van der Waals surface area contributed by atoms with Crippen LogP contribution in [0.3, 0.4) is 0 Å². The van der Waals surface area contributed by atoms with Gasteiger partial charge in [-0.05, 0) is 47.2 Å². The minimum Gasteiger partial charge on any atom is -0.422 e. The Morgan fingerprint density at radius 1 is 0.512 bits per heavy atom. The number of carbonyl (C=O) groups excluding carboxylic acids is 2. The fourth-order valence-corrected chi connectivity index (χ4v) is 5.88. The second-order valence-corrected chi connectivity index (χ2v) is 11.4. The smallest absolute Gasteiger partial charge is 0.345 e. The van der Waals surface area contributed by atoms with Gasteiger partial charge in [0.25, 0.3) is 0 Å². The maximum atomic E-state index is 13.4. The van der Waals surface area contributed by atoms with Gasteiger partial charge in [0, 0.05) is 38.4 Å². The van der Waals surface area contributed by atoms with E-state index in [2.05, 4.69) is 0 Å². The van der Waals surface area contributed by atoms with Gasteiger partial charge in [0.1, 0.15) is 11.5 Å². The summed E-state index contributed by atoms with van der Waals surface area (Å²) in [6.07, 6.45) is 0.281.